The van der Waals surface area contributed by atoms with Crippen LogP contribution < -0.4 is 0 Å². The standard InChI is InChI=1S/C9H10BrN3O/c1-3-13-6(2)7(10)8(12-13)9-11-4-5-14-9/h4-5H,3H2,1-2H3. The number of halogens is 1. The van der Waals surface area contributed by atoms with E-state index in [0.29, 0.717) is 5.89 Å². The molecule has 0 radical (unpaired) electrons. The summed E-state index contributed by atoms with van der Waals surface area (Å²) in [7, 11) is 0. The van der Waals surface area contributed by atoms with Crippen LogP contribution in [0.1, 0.15) is 12.6 Å². The van der Waals surface area contributed by atoms with Gasteiger partial charge in [-0.25, -0.2) is 4.98 Å². The first-order chi connectivity index (χ1) is 6.74. The van der Waals surface area contributed by atoms with E-state index < -0.39 is 0 Å². The van der Waals surface area contributed by atoms with E-state index >= 15 is 0 Å². The van der Waals surface area contributed by atoms with Crippen molar-refractivity contribution in [3.8, 4) is 11.6 Å². The van der Waals surface area contributed by atoms with E-state index in [0.717, 1.165) is 22.4 Å². The molecule has 0 amide bonds. The molecule has 0 aliphatic heterocycles. The van der Waals surface area contributed by atoms with Gasteiger partial charge in [-0.1, -0.05) is 0 Å². The number of aromatic nitrogens is 3. The van der Waals surface area contributed by atoms with Gasteiger partial charge < -0.3 is 4.42 Å². The van der Waals surface area contributed by atoms with Crippen molar-refractivity contribution < 1.29 is 4.42 Å². The molecule has 0 saturated carbocycles. The topological polar surface area (TPSA) is 43.9 Å². The van der Waals surface area contributed by atoms with Crippen LogP contribution in [0.2, 0.25) is 0 Å². The third kappa shape index (κ3) is 1.37. The summed E-state index contributed by atoms with van der Waals surface area (Å²) in [5.74, 6) is 0.548. The van der Waals surface area contributed by atoms with E-state index in [-0.39, 0.29) is 0 Å². The molecular formula is C9H10BrN3O. The zero-order valence-corrected chi connectivity index (χ0v) is 9.58. The van der Waals surface area contributed by atoms with Gasteiger partial charge in [0.25, 0.3) is 0 Å². The highest BCUT2D eigenvalue weighted by Crippen LogP contribution is 2.28. The van der Waals surface area contributed by atoms with Crippen molar-refractivity contribution in [1.82, 2.24) is 14.8 Å². The lowest BCUT2D eigenvalue weighted by Gasteiger charge is -1.96. The summed E-state index contributed by atoms with van der Waals surface area (Å²) in [5, 5.41) is 4.38. The first kappa shape index (κ1) is 9.45. The Labute approximate surface area is 90.1 Å². The first-order valence-electron chi connectivity index (χ1n) is 4.36. The number of rotatable bonds is 2. The Kier molecular flexibility index (Phi) is 2.41. The molecule has 2 heterocycles. The second kappa shape index (κ2) is 3.57. The Hall–Kier alpha value is -1.10. The van der Waals surface area contributed by atoms with Crippen molar-refractivity contribution in [1.29, 1.82) is 0 Å². The minimum atomic E-state index is 0.548. The van der Waals surface area contributed by atoms with E-state index in [1.54, 1.807) is 12.5 Å². The van der Waals surface area contributed by atoms with Crippen molar-refractivity contribution in [2.75, 3.05) is 0 Å². The van der Waals surface area contributed by atoms with Gasteiger partial charge in [-0.3, -0.25) is 4.68 Å². The smallest absolute Gasteiger partial charge is 0.248 e. The summed E-state index contributed by atoms with van der Waals surface area (Å²) in [5.41, 5.74) is 1.84. The highest BCUT2D eigenvalue weighted by Gasteiger charge is 2.16. The Morgan fingerprint density at radius 2 is 2.36 bits per heavy atom. The maximum absolute atomic E-state index is 5.20. The Balaban J connectivity index is 2.55. The third-order valence-corrected chi connectivity index (χ3v) is 3.02. The van der Waals surface area contributed by atoms with E-state index in [1.165, 1.54) is 0 Å². The first-order valence-corrected chi connectivity index (χ1v) is 5.16. The Bertz CT molecular complexity index is 433. The second-order valence-corrected chi connectivity index (χ2v) is 3.69. The van der Waals surface area contributed by atoms with Crippen LogP contribution in [0.15, 0.2) is 21.3 Å². The molecule has 5 heteroatoms. The van der Waals surface area contributed by atoms with Crippen LogP contribution in [0.5, 0.6) is 0 Å². The van der Waals surface area contributed by atoms with Crippen molar-refractivity contribution in [2.24, 2.45) is 0 Å². The van der Waals surface area contributed by atoms with Gasteiger partial charge in [0, 0.05) is 6.54 Å². The molecule has 2 rings (SSSR count). The molecule has 0 fully saturated rings. The van der Waals surface area contributed by atoms with Crippen LogP contribution in [0.4, 0.5) is 0 Å². The normalized spacial score (nSPS) is 10.8. The van der Waals surface area contributed by atoms with E-state index in [4.69, 9.17) is 4.42 Å². The molecule has 0 atom stereocenters. The largest absolute Gasteiger partial charge is 0.443 e. The summed E-state index contributed by atoms with van der Waals surface area (Å²) >= 11 is 3.48. The lowest BCUT2D eigenvalue weighted by molar-refractivity contribution is 0.566. The van der Waals surface area contributed by atoms with Crippen LogP contribution in [0, 0.1) is 6.92 Å². The number of aryl methyl sites for hydroxylation is 1. The van der Waals surface area contributed by atoms with Gasteiger partial charge in [0.1, 0.15) is 6.26 Å². The second-order valence-electron chi connectivity index (χ2n) is 2.90. The van der Waals surface area contributed by atoms with Crippen molar-refractivity contribution in [3.63, 3.8) is 0 Å². The number of oxazole rings is 1. The van der Waals surface area contributed by atoms with Crippen LogP contribution in [0.25, 0.3) is 11.6 Å². The summed E-state index contributed by atoms with van der Waals surface area (Å²) in [4.78, 5) is 4.06. The SMILES string of the molecule is CCn1nc(-c2ncco2)c(Br)c1C. The average molecular weight is 256 g/mol. The molecule has 0 bridgehead atoms. The zero-order chi connectivity index (χ0) is 10.1. The molecule has 0 saturated heterocycles. The predicted molar refractivity (Wildman–Crippen MR) is 55.8 cm³/mol. The molecule has 0 unspecified atom stereocenters. The molecule has 0 aliphatic carbocycles. The molecule has 4 nitrogen and oxygen atoms in total. The minimum absolute atomic E-state index is 0.548. The minimum Gasteiger partial charge on any atom is -0.443 e. The fourth-order valence-electron chi connectivity index (χ4n) is 1.31. The lowest BCUT2D eigenvalue weighted by atomic mass is 10.4. The Morgan fingerprint density at radius 1 is 1.57 bits per heavy atom. The molecule has 2 aromatic rings. The molecule has 0 aliphatic rings. The van der Waals surface area contributed by atoms with Crippen LogP contribution in [-0.4, -0.2) is 14.8 Å². The van der Waals surface area contributed by atoms with Crippen LogP contribution in [0.3, 0.4) is 0 Å². The number of hydrogen-bond donors (Lipinski definition) is 0. The molecule has 0 N–H and O–H groups in total. The summed E-state index contributed by atoms with van der Waals surface area (Å²) in [6.07, 6.45) is 3.16. The molecule has 74 valence electrons. The van der Waals surface area contributed by atoms with E-state index in [9.17, 15) is 0 Å². The summed E-state index contributed by atoms with van der Waals surface area (Å²) in [6.45, 7) is 4.89. The monoisotopic (exact) mass is 255 g/mol. The quantitative estimate of drug-likeness (QED) is 0.829. The van der Waals surface area contributed by atoms with Crippen molar-refractivity contribution >= 4 is 15.9 Å². The van der Waals surface area contributed by atoms with Gasteiger partial charge in [-0.05, 0) is 29.8 Å². The molecule has 0 spiro atoms. The molecular weight excluding hydrogens is 246 g/mol. The fraction of sp³-hybridized carbons (Fsp3) is 0.333. The lowest BCUT2D eigenvalue weighted by Crippen LogP contribution is -1.98. The number of nitrogens with zero attached hydrogens (tertiary/aromatic N) is 3. The van der Waals surface area contributed by atoms with Gasteiger partial charge in [0.15, 0.2) is 5.69 Å². The third-order valence-electron chi connectivity index (χ3n) is 2.07. The van der Waals surface area contributed by atoms with Gasteiger partial charge in [0.2, 0.25) is 5.89 Å². The van der Waals surface area contributed by atoms with Crippen LogP contribution in [-0.2, 0) is 6.54 Å². The van der Waals surface area contributed by atoms with Gasteiger partial charge in [-0.15, -0.1) is 0 Å². The van der Waals surface area contributed by atoms with Crippen molar-refractivity contribution in [2.45, 2.75) is 20.4 Å². The predicted octanol–water partition coefficient (Wildman–Crippen LogP) is 2.63. The maximum Gasteiger partial charge on any atom is 0.248 e. The fourth-order valence-corrected chi connectivity index (χ4v) is 1.76. The number of hydrogen-bond acceptors (Lipinski definition) is 3. The van der Waals surface area contributed by atoms with Gasteiger partial charge >= 0.3 is 0 Å². The van der Waals surface area contributed by atoms with Gasteiger partial charge in [-0.2, -0.15) is 5.10 Å². The maximum atomic E-state index is 5.20. The summed E-state index contributed by atoms with van der Waals surface area (Å²) < 4.78 is 8.05. The highest BCUT2D eigenvalue weighted by atomic mass is 79.9. The van der Waals surface area contributed by atoms with E-state index in [1.807, 2.05) is 18.5 Å². The van der Waals surface area contributed by atoms with E-state index in [2.05, 4.69) is 26.0 Å². The van der Waals surface area contributed by atoms with Gasteiger partial charge in [0.05, 0.1) is 16.4 Å². The zero-order valence-electron chi connectivity index (χ0n) is 7.99. The molecule has 14 heavy (non-hydrogen) atoms. The molecule has 2 aromatic heterocycles. The Morgan fingerprint density at radius 3 is 2.86 bits per heavy atom. The highest BCUT2D eigenvalue weighted by molar-refractivity contribution is 9.10. The van der Waals surface area contributed by atoms with Crippen molar-refractivity contribution in [3.05, 3.63) is 22.6 Å². The molecule has 0 aromatic carbocycles. The summed E-state index contributed by atoms with van der Waals surface area (Å²) in [6, 6.07) is 0. The average Bonchev–Trinajstić information content (AvgIpc) is 2.78. The van der Waals surface area contributed by atoms with Crippen LogP contribution >= 0.6 is 15.9 Å².